The van der Waals surface area contributed by atoms with Crippen molar-refractivity contribution in [2.45, 2.75) is 25.3 Å². The summed E-state index contributed by atoms with van der Waals surface area (Å²) in [4.78, 5) is 22.3. The number of methoxy groups -OCH3 is 1. The van der Waals surface area contributed by atoms with Crippen LogP contribution in [0.3, 0.4) is 0 Å². The lowest BCUT2D eigenvalue weighted by molar-refractivity contribution is -0.139. The van der Waals surface area contributed by atoms with Crippen LogP contribution in [0, 0.1) is 0 Å². The molecule has 7 heteroatoms. The molecule has 3 N–H and O–H groups in total. The van der Waals surface area contributed by atoms with E-state index in [0.717, 1.165) is 12.8 Å². The van der Waals surface area contributed by atoms with Gasteiger partial charge in [-0.05, 0) is 31.3 Å². The summed E-state index contributed by atoms with van der Waals surface area (Å²) in [5.41, 5.74) is 0. The lowest BCUT2D eigenvalue weighted by atomic mass is 10.2. The molecule has 1 unspecified atom stereocenters. The number of unbranched alkanes of at least 4 members (excludes halogenated alkanes) is 1. The summed E-state index contributed by atoms with van der Waals surface area (Å²) < 4.78 is 4.88. The third-order valence-electron chi connectivity index (χ3n) is 2.27. The first-order chi connectivity index (χ1) is 8.61. The number of amides is 2. The molecule has 0 aliphatic carbocycles. The molecular weight excluding hydrogens is 256 g/mol. The minimum absolute atomic E-state index is 0.424. The van der Waals surface area contributed by atoms with Gasteiger partial charge in [0.25, 0.3) is 0 Å². The van der Waals surface area contributed by atoms with Crippen molar-refractivity contribution in [3.8, 4) is 0 Å². The molecule has 0 heterocycles. The zero-order valence-electron chi connectivity index (χ0n) is 10.9. The number of hydrogen-bond acceptors (Lipinski definition) is 4. The van der Waals surface area contributed by atoms with Crippen molar-refractivity contribution in [2.75, 3.05) is 32.3 Å². The van der Waals surface area contributed by atoms with Crippen molar-refractivity contribution in [3.63, 3.8) is 0 Å². The molecular formula is C11H22N2O4S. The average Bonchev–Trinajstić information content (AvgIpc) is 2.33. The number of carboxylic acids is 1. The summed E-state index contributed by atoms with van der Waals surface area (Å²) in [7, 11) is 1.63. The Morgan fingerprint density at radius 1 is 1.39 bits per heavy atom. The van der Waals surface area contributed by atoms with Gasteiger partial charge in [-0.25, -0.2) is 9.59 Å². The lowest BCUT2D eigenvalue weighted by Gasteiger charge is -2.14. The van der Waals surface area contributed by atoms with E-state index < -0.39 is 18.0 Å². The molecule has 0 aromatic rings. The maximum atomic E-state index is 11.4. The Kier molecular flexibility index (Phi) is 10.6. The summed E-state index contributed by atoms with van der Waals surface area (Å²) in [5, 5.41) is 14.0. The van der Waals surface area contributed by atoms with Gasteiger partial charge in [0.05, 0.1) is 0 Å². The number of aliphatic carboxylic acids is 1. The Bertz CT molecular complexity index is 251. The zero-order chi connectivity index (χ0) is 13.8. The van der Waals surface area contributed by atoms with E-state index >= 15 is 0 Å². The first-order valence-electron chi connectivity index (χ1n) is 5.86. The Balaban J connectivity index is 3.77. The summed E-state index contributed by atoms with van der Waals surface area (Å²) in [6.07, 6.45) is 4.00. The van der Waals surface area contributed by atoms with Gasteiger partial charge >= 0.3 is 12.0 Å². The van der Waals surface area contributed by atoms with Crippen LogP contribution in [0.15, 0.2) is 0 Å². The van der Waals surface area contributed by atoms with E-state index in [1.54, 1.807) is 18.9 Å². The van der Waals surface area contributed by atoms with Gasteiger partial charge in [0.15, 0.2) is 0 Å². The highest BCUT2D eigenvalue weighted by molar-refractivity contribution is 7.98. The molecule has 0 saturated heterocycles. The van der Waals surface area contributed by atoms with Gasteiger partial charge in [-0.15, -0.1) is 0 Å². The summed E-state index contributed by atoms with van der Waals surface area (Å²) >= 11 is 1.55. The fraction of sp³-hybridized carbons (Fsp3) is 0.818. The molecule has 0 aliphatic rings. The number of rotatable bonds is 10. The van der Waals surface area contributed by atoms with Crippen LogP contribution in [0.2, 0.25) is 0 Å². The normalized spacial score (nSPS) is 11.9. The molecule has 106 valence electrons. The van der Waals surface area contributed by atoms with Crippen LogP contribution in [0.4, 0.5) is 4.79 Å². The lowest BCUT2D eigenvalue weighted by Crippen LogP contribution is -2.46. The quantitative estimate of drug-likeness (QED) is 0.517. The van der Waals surface area contributed by atoms with E-state index in [0.29, 0.717) is 25.3 Å². The zero-order valence-corrected chi connectivity index (χ0v) is 11.7. The van der Waals surface area contributed by atoms with E-state index in [1.165, 1.54) is 0 Å². The average molecular weight is 278 g/mol. The van der Waals surface area contributed by atoms with Crippen LogP contribution < -0.4 is 10.6 Å². The molecule has 0 aromatic carbocycles. The van der Waals surface area contributed by atoms with Gasteiger partial charge in [0.2, 0.25) is 0 Å². The highest BCUT2D eigenvalue weighted by Crippen LogP contribution is 2.00. The van der Waals surface area contributed by atoms with Gasteiger partial charge < -0.3 is 20.5 Å². The summed E-state index contributed by atoms with van der Waals surface area (Å²) in [5.74, 6) is -0.302. The number of thioether (sulfide) groups is 1. The van der Waals surface area contributed by atoms with E-state index in [-0.39, 0.29) is 0 Å². The third-order valence-corrected chi connectivity index (χ3v) is 2.92. The standard InChI is InChI=1S/C11H22N2O4S/c1-17-7-4-3-6-12-11(16)13-9(10(14)15)5-8-18-2/h9H,3-8H2,1-2H3,(H,14,15)(H2,12,13,16). The van der Waals surface area contributed by atoms with E-state index in [1.807, 2.05) is 6.26 Å². The molecule has 0 spiro atoms. The van der Waals surface area contributed by atoms with Crippen LogP contribution in [0.5, 0.6) is 0 Å². The monoisotopic (exact) mass is 278 g/mol. The maximum Gasteiger partial charge on any atom is 0.326 e. The molecule has 0 aliphatic heterocycles. The Morgan fingerprint density at radius 3 is 2.67 bits per heavy atom. The first-order valence-corrected chi connectivity index (χ1v) is 7.26. The molecule has 0 saturated carbocycles. The Labute approximate surface area is 112 Å². The van der Waals surface area contributed by atoms with Gasteiger partial charge in [-0.3, -0.25) is 0 Å². The number of carbonyl (C=O) groups is 2. The predicted octanol–water partition coefficient (Wildman–Crippen LogP) is 0.919. The minimum Gasteiger partial charge on any atom is -0.480 e. The minimum atomic E-state index is -1.00. The molecule has 18 heavy (non-hydrogen) atoms. The molecule has 0 fully saturated rings. The number of hydrogen-bond donors (Lipinski definition) is 3. The van der Waals surface area contributed by atoms with Crippen LogP contribution in [0.1, 0.15) is 19.3 Å². The van der Waals surface area contributed by atoms with E-state index in [2.05, 4.69) is 10.6 Å². The third kappa shape index (κ3) is 9.12. The summed E-state index contributed by atoms with van der Waals surface area (Å²) in [6, 6.07) is -1.25. The predicted molar refractivity (Wildman–Crippen MR) is 72.1 cm³/mol. The van der Waals surface area contributed by atoms with Crippen LogP contribution in [-0.2, 0) is 9.53 Å². The Morgan fingerprint density at radius 2 is 2.11 bits per heavy atom. The smallest absolute Gasteiger partial charge is 0.326 e. The highest BCUT2D eigenvalue weighted by atomic mass is 32.2. The number of carbonyl (C=O) groups excluding carboxylic acids is 1. The van der Waals surface area contributed by atoms with Crippen LogP contribution in [-0.4, -0.2) is 55.4 Å². The fourth-order valence-electron chi connectivity index (χ4n) is 1.28. The van der Waals surface area contributed by atoms with Crippen molar-refractivity contribution in [1.82, 2.24) is 10.6 Å². The van der Waals surface area contributed by atoms with Crippen LogP contribution in [0.25, 0.3) is 0 Å². The second-order valence-corrected chi connectivity index (χ2v) is 4.76. The van der Waals surface area contributed by atoms with Crippen molar-refractivity contribution in [1.29, 1.82) is 0 Å². The van der Waals surface area contributed by atoms with Crippen molar-refractivity contribution in [3.05, 3.63) is 0 Å². The molecule has 2 amide bonds. The SMILES string of the molecule is COCCCCNC(=O)NC(CCSC)C(=O)O. The van der Waals surface area contributed by atoms with Gasteiger partial charge in [0, 0.05) is 20.3 Å². The number of carboxylic acid groups (broad SMARTS) is 1. The van der Waals surface area contributed by atoms with Crippen molar-refractivity contribution in [2.24, 2.45) is 0 Å². The molecule has 0 radical (unpaired) electrons. The second-order valence-electron chi connectivity index (χ2n) is 3.77. The summed E-state index contributed by atoms with van der Waals surface area (Å²) in [6.45, 7) is 1.18. The first kappa shape index (κ1) is 17.1. The Hall–Kier alpha value is -0.950. The van der Waals surface area contributed by atoms with Gasteiger partial charge in [-0.2, -0.15) is 11.8 Å². The van der Waals surface area contributed by atoms with Crippen LogP contribution >= 0.6 is 11.8 Å². The topological polar surface area (TPSA) is 87.7 Å². The fourth-order valence-corrected chi connectivity index (χ4v) is 1.75. The molecule has 0 aromatic heterocycles. The van der Waals surface area contributed by atoms with Gasteiger partial charge in [-0.1, -0.05) is 0 Å². The van der Waals surface area contributed by atoms with Crippen molar-refractivity contribution < 1.29 is 19.4 Å². The number of nitrogens with one attached hydrogen (secondary N) is 2. The van der Waals surface area contributed by atoms with Crippen molar-refractivity contribution >= 4 is 23.8 Å². The molecule has 6 nitrogen and oxygen atoms in total. The number of ether oxygens (including phenoxy) is 1. The highest BCUT2D eigenvalue weighted by Gasteiger charge is 2.18. The molecule has 1 atom stereocenters. The van der Waals surface area contributed by atoms with E-state index in [4.69, 9.17) is 9.84 Å². The van der Waals surface area contributed by atoms with Gasteiger partial charge in [0.1, 0.15) is 6.04 Å². The maximum absolute atomic E-state index is 11.4. The largest absolute Gasteiger partial charge is 0.480 e. The molecule has 0 rings (SSSR count). The second kappa shape index (κ2) is 11.2. The van der Waals surface area contributed by atoms with E-state index in [9.17, 15) is 9.59 Å². The molecule has 0 bridgehead atoms. The number of urea groups is 1.